The Kier molecular flexibility index (Phi) is 7.26. The van der Waals surface area contributed by atoms with Gasteiger partial charge in [-0.2, -0.15) is 0 Å². The summed E-state index contributed by atoms with van der Waals surface area (Å²) < 4.78 is 29.3. The van der Waals surface area contributed by atoms with Crippen molar-refractivity contribution in [2.75, 3.05) is 13.7 Å². The van der Waals surface area contributed by atoms with E-state index < -0.39 is 6.10 Å². The molecule has 2 atom stereocenters. The van der Waals surface area contributed by atoms with Crippen LogP contribution in [-0.4, -0.2) is 31.8 Å². The molecule has 5 nitrogen and oxygen atoms in total. The molecule has 6 heteroatoms. The highest BCUT2D eigenvalue weighted by Gasteiger charge is 2.20. The molecule has 2 aromatic rings. The van der Waals surface area contributed by atoms with Crippen molar-refractivity contribution in [3.8, 4) is 17.2 Å². The van der Waals surface area contributed by atoms with Gasteiger partial charge in [0.05, 0.1) is 13.2 Å². The van der Waals surface area contributed by atoms with Crippen molar-refractivity contribution < 1.29 is 23.4 Å². The first kappa shape index (κ1) is 19.6. The van der Waals surface area contributed by atoms with Crippen LogP contribution in [0, 0.1) is 5.82 Å². The molecule has 0 aliphatic rings. The minimum atomic E-state index is -0.649. The van der Waals surface area contributed by atoms with Crippen LogP contribution >= 0.6 is 0 Å². The number of ether oxygens (including phenoxy) is 3. The minimum Gasteiger partial charge on any atom is -0.497 e. The summed E-state index contributed by atoms with van der Waals surface area (Å²) in [5.74, 6) is 1.32. The van der Waals surface area contributed by atoms with Crippen molar-refractivity contribution in [3.63, 3.8) is 0 Å². The average Bonchev–Trinajstić information content (AvgIpc) is 2.66. The van der Waals surface area contributed by atoms with Gasteiger partial charge in [0, 0.05) is 0 Å². The maximum atomic E-state index is 12.9. The fourth-order valence-corrected chi connectivity index (χ4v) is 2.27. The van der Waals surface area contributed by atoms with E-state index in [9.17, 15) is 9.18 Å². The van der Waals surface area contributed by atoms with Gasteiger partial charge in [0.15, 0.2) is 6.10 Å². The fraction of sp³-hybridized carbons (Fsp3) is 0.350. The lowest BCUT2D eigenvalue weighted by atomic mass is 10.2. The molecule has 0 saturated heterocycles. The van der Waals surface area contributed by atoms with Gasteiger partial charge in [0.1, 0.15) is 29.7 Å². The molecule has 0 unspecified atom stereocenters. The molecule has 1 N–H and O–H groups in total. The Morgan fingerprint density at radius 1 is 1.04 bits per heavy atom. The Hall–Kier alpha value is -2.76. The standard InChI is InChI=1S/C20H24FNO4/c1-4-19(26-18-7-5-15(21)6-8-18)20(23)22-14(2)13-25-17-11-9-16(24-3)10-12-17/h5-12,14,19H,4,13H2,1-3H3,(H,22,23)/t14-,19+/m0/s1. The lowest BCUT2D eigenvalue weighted by molar-refractivity contribution is -0.128. The molecule has 2 rings (SSSR count). The second-order valence-electron chi connectivity index (χ2n) is 5.86. The summed E-state index contributed by atoms with van der Waals surface area (Å²) in [5, 5.41) is 2.87. The van der Waals surface area contributed by atoms with Gasteiger partial charge < -0.3 is 19.5 Å². The largest absolute Gasteiger partial charge is 0.497 e. The molecule has 0 spiro atoms. The second kappa shape index (κ2) is 9.65. The van der Waals surface area contributed by atoms with Crippen molar-refractivity contribution in [1.29, 1.82) is 0 Å². The van der Waals surface area contributed by atoms with Crippen LogP contribution in [0.4, 0.5) is 4.39 Å². The van der Waals surface area contributed by atoms with E-state index in [1.165, 1.54) is 24.3 Å². The monoisotopic (exact) mass is 361 g/mol. The molecule has 0 aliphatic carbocycles. The molecular weight excluding hydrogens is 337 g/mol. The van der Waals surface area contributed by atoms with Crippen LogP contribution in [0.15, 0.2) is 48.5 Å². The molecule has 2 aromatic carbocycles. The van der Waals surface area contributed by atoms with Crippen LogP contribution in [-0.2, 0) is 4.79 Å². The average molecular weight is 361 g/mol. The van der Waals surface area contributed by atoms with Crippen LogP contribution in [0.5, 0.6) is 17.2 Å². The van der Waals surface area contributed by atoms with Gasteiger partial charge in [0.2, 0.25) is 0 Å². The van der Waals surface area contributed by atoms with Crippen LogP contribution < -0.4 is 19.5 Å². The van der Waals surface area contributed by atoms with E-state index >= 15 is 0 Å². The van der Waals surface area contributed by atoms with E-state index in [-0.39, 0.29) is 17.8 Å². The molecule has 0 fully saturated rings. The third kappa shape index (κ3) is 5.95. The summed E-state index contributed by atoms with van der Waals surface area (Å²) in [5.41, 5.74) is 0. The second-order valence-corrected chi connectivity index (χ2v) is 5.86. The number of amides is 1. The first-order chi connectivity index (χ1) is 12.5. The van der Waals surface area contributed by atoms with Crippen LogP contribution in [0.3, 0.4) is 0 Å². The molecule has 0 saturated carbocycles. The van der Waals surface area contributed by atoms with E-state index in [4.69, 9.17) is 14.2 Å². The highest BCUT2D eigenvalue weighted by Crippen LogP contribution is 2.17. The molecule has 0 aromatic heterocycles. The summed E-state index contributed by atoms with van der Waals surface area (Å²) in [7, 11) is 1.60. The van der Waals surface area contributed by atoms with Crippen molar-refractivity contribution in [2.45, 2.75) is 32.4 Å². The van der Waals surface area contributed by atoms with Gasteiger partial charge in [-0.25, -0.2) is 4.39 Å². The minimum absolute atomic E-state index is 0.199. The van der Waals surface area contributed by atoms with Gasteiger partial charge >= 0.3 is 0 Å². The Balaban J connectivity index is 1.82. The number of nitrogens with one attached hydrogen (secondary N) is 1. The number of carbonyl (C=O) groups excluding carboxylic acids is 1. The van der Waals surface area contributed by atoms with Crippen molar-refractivity contribution in [3.05, 3.63) is 54.3 Å². The number of hydrogen-bond acceptors (Lipinski definition) is 4. The summed E-state index contributed by atoms with van der Waals surface area (Å²) in [6.07, 6.45) is -0.154. The molecule has 140 valence electrons. The normalized spacial score (nSPS) is 12.8. The van der Waals surface area contributed by atoms with Crippen LogP contribution in [0.2, 0.25) is 0 Å². The molecule has 1 amide bonds. The van der Waals surface area contributed by atoms with E-state index in [0.29, 0.717) is 24.5 Å². The van der Waals surface area contributed by atoms with Gasteiger partial charge in [-0.3, -0.25) is 4.79 Å². The van der Waals surface area contributed by atoms with Crippen LogP contribution in [0.1, 0.15) is 20.3 Å². The fourth-order valence-electron chi connectivity index (χ4n) is 2.27. The Morgan fingerprint density at radius 3 is 2.19 bits per heavy atom. The third-order valence-corrected chi connectivity index (χ3v) is 3.70. The molecule has 0 radical (unpaired) electrons. The highest BCUT2D eigenvalue weighted by molar-refractivity contribution is 5.81. The van der Waals surface area contributed by atoms with Crippen LogP contribution in [0.25, 0.3) is 0 Å². The van der Waals surface area contributed by atoms with E-state index in [2.05, 4.69) is 5.32 Å². The summed E-state index contributed by atoms with van der Waals surface area (Å²) in [4.78, 5) is 12.4. The lowest BCUT2D eigenvalue weighted by Gasteiger charge is -2.21. The number of carbonyl (C=O) groups is 1. The first-order valence-electron chi connectivity index (χ1n) is 8.51. The number of halogens is 1. The maximum Gasteiger partial charge on any atom is 0.261 e. The predicted molar refractivity (Wildman–Crippen MR) is 97.2 cm³/mol. The number of methoxy groups -OCH3 is 1. The van der Waals surface area contributed by atoms with Crippen molar-refractivity contribution in [1.82, 2.24) is 5.32 Å². The third-order valence-electron chi connectivity index (χ3n) is 3.70. The van der Waals surface area contributed by atoms with E-state index in [1.807, 2.05) is 26.0 Å². The zero-order valence-corrected chi connectivity index (χ0v) is 15.2. The highest BCUT2D eigenvalue weighted by atomic mass is 19.1. The molecule has 0 heterocycles. The van der Waals surface area contributed by atoms with Gasteiger partial charge in [0.25, 0.3) is 5.91 Å². The van der Waals surface area contributed by atoms with Gasteiger partial charge in [-0.05, 0) is 61.9 Å². The molecule has 0 bridgehead atoms. The first-order valence-corrected chi connectivity index (χ1v) is 8.51. The topological polar surface area (TPSA) is 56.8 Å². The quantitative estimate of drug-likeness (QED) is 0.742. The Morgan fingerprint density at radius 2 is 1.62 bits per heavy atom. The summed E-state index contributed by atoms with van der Waals surface area (Å²) in [6, 6.07) is 12.6. The Labute approximate surface area is 153 Å². The predicted octanol–water partition coefficient (Wildman–Crippen LogP) is 3.58. The maximum absolute atomic E-state index is 12.9. The summed E-state index contributed by atoms with van der Waals surface area (Å²) >= 11 is 0. The van der Waals surface area contributed by atoms with Crippen molar-refractivity contribution >= 4 is 5.91 Å². The number of benzene rings is 2. The number of hydrogen-bond donors (Lipinski definition) is 1. The van der Waals surface area contributed by atoms with E-state index in [0.717, 1.165) is 5.75 Å². The van der Waals surface area contributed by atoms with Gasteiger partial charge in [-0.1, -0.05) is 6.92 Å². The SMILES string of the molecule is CC[C@@H](Oc1ccc(F)cc1)C(=O)N[C@@H](C)COc1ccc(OC)cc1. The lowest BCUT2D eigenvalue weighted by Crippen LogP contribution is -2.44. The van der Waals surface area contributed by atoms with Crippen molar-refractivity contribution in [2.24, 2.45) is 0 Å². The zero-order valence-electron chi connectivity index (χ0n) is 15.2. The smallest absolute Gasteiger partial charge is 0.261 e. The molecule has 26 heavy (non-hydrogen) atoms. The zero-order chi connectivity index (χ0) is 18.9. The van der Waals surface area contributed by atoms with Gasteiger partial charge in [-0.15, -0.1) is 0 Å². The van der Waals surface area contributed by atoms with E-state index in [1.54, 1.807) is 19.2 Å². The molecule has 0 aliphatic heterocycles. The summed E-state index contributed by atoms with van der Waals surface area (Å²) in [6.45, 7) is 4.03. The number of rotatable bonds is 9. The molecular formula is C20H24FNO4. The Bertz CT molecular complexity index is 688.